The van der Waals surface area contributed by atoms with Gasteiger partial charge in [0.2, 0.25) is 0 Å². The summed E-state index contributed by atoms with van der Waals surface area (Å²) >= 11 is 6.28. The van der Waals surface area contributed by atoms with Crippen LogP contribution < -0.4 is 5.32 Å². The highest BCUT2D eigenvalue weighted by atomic mass is 35.5. The monoisotopic (exact) mass is 403 g/mol. The van der Waals surface area contributed by atoms with Crippen LogP contribution in [-0.4, -0.2) is 11.9 Å². The first-order chi connectivity index (χ1) is 13.0. The minimum Gasteiger partial charge on any atom is -0.350 e. The third kappa shape index (κ3) is 5.35. The maximum absolute atomic E-state index is 15.0. The molecule has 1 amide bonds. The van der Waals surface area contributed by atoms with Crippen LogP contribution in [0.15, 0.2) is 47.1 Å². The molecule has 0 aliphatic heterocycles. The van der Waals surface area contributed by atoms with Gasteiger partial charge >= 0.3 is 0 Å². The first kappa shape index (κ1) is 22.4. The van der Waals surface area contributed by atoms with Crippen molar-refractivity contribution in [3.05, 3.63) is 63.2 Å². The lowest BCUT2D eigenvalue weighted by Gasteiger charge is -2.33. The Bertz CT molecular complexity index is 846. The number of benzene rings is 1. The normalized spacial score (nSPS) is 17.9. The van der Waals surface area contributed by atoms with Gasteiger partial charge in [-0.25, -0.2) is 4.39 Å². The van der Waals surface area contributed by atoms with Gasteiger partial charge in [0, 0.05) is 17.2 Å². The first-order valence-corrected chi connectivity index (χ1v) is 10.3. The van der Waals surface area contributed by atoms with Crippen molar-refractivity contribution in [1.29, 1.82) is 0 Å². The number of nitrogens with one attached hydrogen (secondary N) is 1. The van der Waals surface area contributed by atoms with Gasteiger partial charge in [-0.2, -0.15) is 0 Å². The average Bonchev–Trinajstić information content (AvgIpc) is 2.59. The Morgan fingerprint density at radius 1 is 1.32 bits per heavy atom. The average molecular weight is 404 g/mol. The molecule has 0 saturated carbocycles. The molecule has 1 aliphatic rings. The molecule has 0 radical (unpaired) electrons. The molecule has 0 spiro atoms. The van der Waals surface area contributed by atoms with E-state index < -0.39 is 0 Å². The number of carbonyl (C=O) groups excluding carboxylic acids is 1. The molecule has 2 nitrogen and oxygen atoms in total. The summed E-state index contributed by atoms with van der Waals surface area (Å²) in [6.07, 6.45) is 7.31. The van der Waals surface area contributed by atoms with E-state index >= 15 is 4.39 Å². The van der Waals surface area contributed by atoms with E-state index in [9.17, 15) is 4.79 Å². The van der Waals surface area contributed by atoms with E-state index in [-0.39, 0.29) is 28.2 Å². The molecule has 0 aromatic heterocycles. The lowest BCUT2D eigenvalue weighted by Crippen LogP contribution is -2.30. The minimum atomic E-state index is -0.371. The highest BCUT2D eigenvalue weighted by Gasteiger charge is 2.26. The van der Waals surface area contributed by atoms with Gasteiger partial charge < -0.3 is 5.32 Å². The van der Waals surface area contributed by atoms with E-state index in [0.29, 0.717) is 16.7 Å². The smallest absolute Gasteiger partial charge is 0.251 e. The second-order valence-corrected chi connectivity index (χ2v) is 8.99. The molecule has 0 atom stereocenters. The Morgan fingerprint density at radius 2 is 2.00 bits per heavy atom. The highest BCUT2D eigenvalue weighted by molar-refractivity contribution is 6.32. The summed E-state index contributed by atoms with van der Waals surface area (Å²) in [5.74, 6) is -0.588. The van der Waals surface area contributed by atoms with Gasteiger partial charge in [0.25, 0.3) is 5.91 Å². The summed E-state index contributed by atoms with van der Waals surface area (Å²) in [4.78, 5) is 12.1. The molecular weight excluding hydrogens is 373 g/mol. The van der Waals surface area contributed by atoms with Gasteiger partial charge in [0.1, 0.15) is 5.83 Å². The Morgan fingerprint density at radius 3 is 2.57 bits per heavy atom. The van der Waals surface area contributed by atoms with Crippen LogP contribution >= 0.6 is 11.6 Å². The van der Waals surface area contributed by atoms with E-state index in [1.807, 2.05) is 26.0 Å². The summed E-state index contributed by atoms with van der Waals surface area (Å²) in [5.41, 5.74) is 4.02. The maximum Gasteiger partial charge on any atom is 0.251 e. The molecule has 1 aromatic rings. The number of allylic oxidation sites excluding steroid dienone is 5. The molecule has 4 heteroatoms. The lowest BCUT2D eigenvalue weighted by atomic mass is 9.72. The molecule has 0 saturated heterocycles. The zero-order valence-electron chi connectivity index (χ0n) is 17.7. The fourth-order valence-electron chi connectivity index (χ4n) is 3.68. The fourth-order valence-corrected chi connectivity index (χ4v) is 3.95. The molecule has 152 valence electrons. The van der Waals surface area contributed by atoms with Crippen LogP contribution in [-0.2, 0) is 0 Å². The molecule has 2 rings (SSSR count). The van der Waals surface area contributed by atoms with Gasteiger partial charge in [-0.3, -0.25) is 4.79 Å². The summed E-state index contributed by atoms with van der Waals surface area (Å²) in [5, 5.41) is 3.04. The number of carbonyl (C=O) groups is 1. The van der Waals surface area contributed by atoms with Crippen molar-refractivity contribution in [2.24, 2.45) is 5.41 Å². The number of amides is 1. The fraction of sp³-hybridized carbons (Fsp3) is 0.458. The van der Waals surface area contributed by atoms with Crippen molar-refractivity contribution < 1.29 is 9.18 Å². The van der Waals surface area contributed by atoms with E-state index in [1.165, 1.54) is 23.6 Å². The van der Waals surface area contributed by atoms with Crippen molar-refractivity contribution in [2.75, 3.05) is 0 Å². The summed E-state index contributed by atoms with van der Waals surface area (Å²) < 4.78 is 15.0. The van der Waals surface area contributed by atoms with Crippen molar-refractivity contribution in [2.45, 2.75) is 66.8 Å². The Hall–Kier alpha value is -1.87. The number of hydrogen-bond acceptors (Lipinski definition) is 1. The Kier molecular flexibility index (Phi) is 7.28. The number of halogens is 2. The van der Waals surface area contributed by atoms with Crippen LogP contribution in [0, 0.1) is 5.41 Å². The van der Waals surface area contributed by atoms with Gasteiger partial charge in [-0.05, 0) is 81.7 Å². The molecule has 1 aliphatic carbocycles. The van der Waals surface area contributed by atoms with Crippen LogP contribution in [0.3, 0.4) is 0 Å². The van der Waals surface area contributed by atoms with Crippen LogP contribution in [0.4, 0.5) is 4.39 Å². The van der Waals surface area contributed by atoms with Gasteiger partial charge in [-0.15, -0.1) is 0 Å². The predicted molar refractivity (Wildman–Crippen MR) is 117 cm³/mol. The van der Waals surface area contributed by atoms with E-state index in [2.05, 4.69) is 26.1 Å². The molecular formula is C24H31ClFNO. The second-order valence-electron chi connectivity index (χ2n) is 8.58. The zero-order chi connectivity index (χ0) is 21.1. The van der Waals surface area contributed by atoms with E-state index in [0.717, 1.165) is 12.8 Å². The highest BCUT2D eigenvalue weighted by Crippen LogP contribution is 2.41. The Labute approximate surface area is 173 Å². The predicted octanol–water partition coefficient (Wildman–Crippen LogP) is 7.26. The molecule has 1 N–H and O–H groups in total. The maximum atomic E-state index is 15.0. The Balaban J connectivity index is 2.29. The molecule has 0 unspecified atom stereocenters. The lowest BCUT2D eigenvalue weighted by molar-refractivity contribution is 0.0943. The van der Waals surface area contributed by atoms with Gasteiger partial charge in [-0.1, -0.05) is 43.2 Å². The summed E-state index contributed by atoms with van der Waals surface area (Å²) in [6.45, 7) is 12.2. The minimum absolute atomic E-state index is 0.0248. The SMILES string of the molecule is CC1=C(/C=C/C(C)=C(\F)c2ccc(C(=O)NC(C)C)cc2Cl)C(C)(C)CCC1. The second kappa shape index (κ2) is 9.09. The topological polar surface area (TPSA) is 29.1 Å². The van der Waals surface area contributed by atoms with Crippen molar-refractivity contribution in [3.63, 3.8) is 0 Å². The molecule has 28 heavy (non-hydrogen) atoms. The quantitative estimate of drug-likeness (QED) is 0.515. The van der Waals surface area contributed by atoms with Crippen LogP contribution in [0.5, 0.6) is 0 Å². The van der Waals surface area contributed by atoms with E-state index in [4.69, 9.17) is 11.6 Å². The summed E-state index contributed by atoms with van der Waals surface area (Å²) in [7, 11) is 0. The standard InChI is InChI=1S/C24H31ClFNO/c1-15(2)27-23(28)18-10-11-19(21(25)14-18)22(26)17(4)9-12-20-16(3)8-7-13-24(20,5)6/h9-12,14-15H,7-8,13H2,1-6H3,(H,27,28)/b12-9+,22-17-. The van der Waals surface area contributed by atoms with Crippen LogP contribution in [0.1, 0.15) is 76.7 Å². The molecule has 1 aromatic carbocycles. The van der Waals surface area contributed by atoms with Crippen molar-refractivity contribution >= 4 is 23.3 Å². The largest absolute Gasteiger partial charge is 0.350 e. The number of rotatable bonds is 5. The molecule has 0 heterocycles. The van der Waals surface area contributed by atoms with Gasteiger partial charge in [0.05, 0.1) is 5.02 Å². The van der Waals surface area contributed by atoms with Crippen LogP contribution in [0.2, 0.25) is 5.02 Å². The first-order valence-electron chi connectivity index (χ1n) is 9.88. The van der Waals surface area contributed by atoms with Gasteiger partial charge in [0.15, 0.2) is 0 Å². The molecule has 0 bridgehead atoms. The number of hydrogen-bond donors (Lipinski definition) is 1. The third-order valence-electron chi connectivity index (χ3n) is 5.28. The summed E-state index contributed by atoms with van der Waals surface area (Å²) in [6, 6.07) is 4.71. The van der Waals surface area contributed by atoms with Crippen molar-refractivity contribution in [3.8, 4) is 0 Å². The van der Waals surface area contributed by atoms with Crippen LogP contribution in [0.25, 0.3) is 5.83 Å². The third-order valence-corrected chi connectivity index (χ3v) is 5.59. The molecule has 0 fully saturated rings. The zero-order valence-corrected chi connectivity index (χ0v) is 18.5. The van der Waals surface area contributed by atoms with E-state index in [1.54, 1.807) is 19.1 Å². The van der Waals surface area contributed by atoms with Crippen molar-refractivity contribution in [1.82, 2.24) is 5.32 Å².